The molecule has 0 amide bonds. The number of halogens is 2. The van der Waals surface area contributed by atoms with Crippen molar-refractivity contribution in [2.75, 3.05) is 25.6 Å². The van der Waals surface area contributed by atoms with Gasteiger partial charge in [-0.15, -0.1) is 24.0 Å². The molecule has 0 heterocycles. The first-order chi connectivity index (χ1) is 12.6. The van der Waals surface area contributed by atoms with E-state index in [2.05, 4.69) is 15.6 Å². The van der Waals surface area contributed by atoms with Gasteiger partial charge in [0.05, 0.1) is 20.3 Å². The van der Waals surface area contributed by atoms with E-state index in [4.69, 9.17) is 9.47 Å². The number of aliphatic imine (C=N–C) groups is 1. The fourth-order valence-corrected chi connectivity index (χ4v) is 2.29. The van der Waals surface area contributed by atoms with Crippen LogP contribution in [0, 0.1) is 5.82 Å². The van der Waals surface area contributed by atoms with Crippen LogP contribution in [-0.4, -0.2) is 31.3 Å². The molecule has 0 aliphatic heterocycles. The number of anilines is 1. The minimum Gasteiger partial charge on any atom is -0.505 e. The highest BCUT2D eigenvalue weighted by atomic mass is 127. The number of aromatic hydroxyl groups is 1. The summed E-state index contributed by atoms with van der Waals surface area (Å²) in [5.74, 6) is 0.806. The van der Waals surface area contributed by atoms with Crippen molar-refractivity contribution in [3.63, 3.8) is 0 Å². The zero-order chi connectivity index (χ0) is 18.9. The number of phenols is 1. The van der Waals surface area contributed by atoms with Crippen LogP contribution >= 0.6 is 24.0 Å². The topological polar surface area (TPSA) is 75.1 Å². The summed E-state index contributed by atoms with van der Waals surface area (Å²) in [7, 11) is 1.59. The summed E-state index contributed by atoms with van der Waals surface area (Å²) in [6.45, 7) is 5.32. The fraction of sp³-hybridized carbons (Fsp3) is 0.316. The molecule has 2 rings (SSSR count). The molecule has 0 atom stereocenters. The van der Waals surface area contributed by atoms with Crippen molar-refractivity contribution in [1.29, 1.82) is 0 Å². The number of hydrogen-bond donors (Lipinski definition) is 3. The van der Waals surface area contributed by atoms with Gasteiger partial charge in [0.25, 0.3) is 0 Å². The standard InChI is InChI=1S/C19H24FN3O3.HI/c1-4-21-19(22-12-13-6-8-16(24)15(20)10-13)23-14-7-9-17(25-3)18(11-14)26-5-2;/h6-11,24H,4-5,12H2,1-3H3,(H2,21,22,23);1H. The Morgan fingerprint density at radius 3 is 2.56 bits per heavy atom. The summed E-state index contributed by atoms with van der Waals surface area (Å²) >= 11 is 0. The Morgan fingerprint density at radius 2 is 1.93 bits per heavy atom. The minimum absolute atomic E-state index is 0. The molecule has 8 heteroatoms. The lowest BCUT2D eigenvalue weighted by Gasteiger charge is -2.14. The maximum absolute atomic E-state index is 13.4. The maximum atomic E-state index is 13.4. The van der Waals surface area contributed by atoms with Crippen LogP contribution in [0.3, 0.4) is 0 Å². The van der Waals surface area contributed by atoms with Crippen molar-refractivity contribution in [3.05, 3.63) is 47.8 Å². The van der Waals surface area contributed by atoms with Crippen LogP contribution in [0.2, 0.25) is 0 Å². The number of nitrogens with one attached hydrogen (secondary N) is 2. The van der Waals surface area contributed by atoms with E-state index < -0.39 is 5.82 Å². The molecular weight excluding hydrogens is 464 g/mol. The van der Waals surface area contributed by atoms with Gasteiger partial charge >= 0.3 is 0 Å². The van der Waals surface area contributed by atoms with Crippen LogP contribution in [0.1, 0.15) is 19.4 Å². The van der Waals surface area contributed by atoms with E-state index >= 15 is 0 Å². The lowest BCUT2D eigenvalue weighted by atomic mass is 10.2. The molecule has 0 radical (unpaired) electrons. The highest BCUT2D eigenvalue weighted by molar-refractivity contribution is 14.0. The number of nitrogens with zero attached hydrogens (tertiary/aromatic N) is 1. The summed E-state index contributed by atoms with van der Waals surface area (Å²) in [6.07, 6.45) is 0. The Hall–Kier alpha value is -2.23. The second-order valence-electron chi connectivity index (χ2n) is 5.40. The summed E-state index contributed by atoms with van der Waals surface area (Å²) in [4.78, 5) is 4.44. The van der Waals surface area contributed by atoms with E-state index in [1.165, 1.54) is 12.1 Å². The summed E-state index contributed by atoms with van der Waals surface area (Å²) < 4.78 is 24.3. The molecule has 0 aromatic heterocycles. The molecule has 0 saturated heterocycles. The van der Waals surface area contributed by atoms with Crippen LogP contribution in [0.25, 0.3) is 0 Å². The van der Waals surface area contributed by atoms with Crippen molar-refractivity contribution in [2.45, 2.75) is 20.4 Å². The first-order valence-electron chi connectivity index (χ1n) is 8.40. The summed E-state index contributed by atoms with van der Waals surface area (Å²) in [5.41, 5.74) is 1.44. The van der Waals surface area contributed by atoms with Gasteiger partial charge in [0.2, 0.25) is 0 Å². The van der Waals surface area contributed by atoms with E-state index in [9.17, 15) is 9.50 Å². The molecule has 27 heavy (non-hydrogen) atoms. The van der Waals surface area contributed by atoms with Crippen molar-refractivity contribution in [2.24, 2.45) is 4.99 Å². The first-order valence-corrected chi connectivity index (χ1v) is 8.40. The first kappa shape index (κ1) is 22.8. The van der Waals surface area contributed by atoms with E-state index in [0.29, 0.717) is 36.2 Å². The number of ether oxygens (including phenoxy) is 2. The number of rotatable bonds is 7. The van der Waals surface area contributed by atoms with Gasteiger partial charge in [-0.1, -0.05) is 6.07 Å². The molecule has 0 fully saturated rings. The summed E-state index contributed by atoms with van der Waals surface area (Å²) in [5, 5.41) is 15.6. The molecule has 6 nitrogen and oxygen atoms in total. The third kappa shape index (κ3) is 6.78. The predicted octanol–water partition coefficient (Wildman–Crippen LogP) is 4.13. The Labute approximate surface area is 175 Å². The molecule has 2 aromatic carbocycles. The van der Waals surface area contributed by atoms with Crippen LogP contribution in [0.4, 0.5) is 10.1 Å². The van der Waals surface area contributed by atoms with Gasteiger partial charge in [0.1, 0.15) is 0 Å². The quantitative estimate of drug-likeness (QED) is 0.310. The van der Waals surface area contributed by atoms with Gasteiger partial charge in [-0.05, 0) is 43.7 Å². The average Bonchev–Trinajstić information content (AvgIpc) is 2.63. The number of phenolic OH excluding ortho intramolecular Hbond substituents is 1. The number of hydrogen-bond acceptors (Lipinski definition) is 4. The fourth-order valence-electron chi connectivity index (χ4n) is 2.29. The van der Waals surface area contributed by atoms with Crippen molar-refractivity contribution in [1.82, 2.24) is 5.32 Å². The van der Waals surface area contributed by atoms with Crippen LogP contribution < -0.4 is 20.1 Å². The van der Waals surface area contributed by atoms with Gasteiger partial charge in [0, 0.05) is 18.3 Å². The molecule has 2 aromatic rings. The van der Waals surface area contributed by atoms with E-state index in [1.54, 1.807) is 13.2 Å². The second kappa shape index (κ2) is 11.5. The number of benzene rings is 2. The van der Waals surface area contributed by atoms with Gasteiger partial charge in [0.15, 0.2) is 29.0 Å². The van der Waals surface area contributed by atoms with Crippen LogP contribution in [-0.2, 0) is 6.54 Å². The monoisotopic (exact) mass is 489 g/mol. The largest absolute Gasteiger partial charge is 0.505 e. The van der Waals surface area contributed by atoms with Gasteiger partial charge in [-0.2, -0.15) is 0 Å². The number of guanidine groups is 1. The van der Waals surface area contributed by atoms with Crippen molar-refractivity contribution < 1.29 is 19.0 Å². The van der Waals surface area contributed by atoms with Gasteiger partial charge in [-0.25, -0.2) is 9.38 Å². The zero-order valence-corrected chi connectivity index (χ0v) is 17.9. The Balaban J connectivity index is 0.00000364. The van der Waals surface area contributed by atoms with Gasteiger partial charge < -0.3 is 25.2 Å². The molecule has 0 saturated carbocycles. The molecule has 3 N–H and O–H groups in total. The number of methoxy groups -OCH3 is 1. The van der Waals surface area contributed by atoms with E-state index in [0.717, 1.165) is 5.69 Å². The smallest absolute Gasteiger partial charge is 0.196 e. The Kier molecular flexibility index (Phi) is 9.70. The third-order valence-electron chi connectivity index (χ3n) is 3.50. The molecule has 0 aliphatic rings. The second-order valence-corrected chi connectivity index (χ2v) is 5.40. The lowest BCUT2D eigenvalue weighted by Crippen LogP contribution is -2.30. The van der Waals surface area contributed by atoms with Crippen LogP contribution in [0.15, 0.2) is 41.4 Å². The SMILES string of the molecule is CCNC(=NCc1ccc(O)c(F)c1)Nc1ccc(OC)c(OCC)c1.I. The van der Waals surface area contributed by atoms with Crippen LogP contribution in [0.5, 0.6) is 17.2 Å². The predicted molar refractivity (Wildman–Crippen MR) is 116 cm³/mol. The molecule has 148 valence electrons. The highest BCUT2D eigenvalue weighted by Gasteiger charge is 2.07. The lowest BCUT2D eigenvalue weighted by molar-refractivity contribution is 0.311. The van der Waals surface area contributed by atoms with Crippen molar-refractivity contribution in [3.8, 4) is 17.2 Å². The maximum Gasteiger partial charge on any atom is 0.196 e. The minimum atomic E-state index is -0.660. The Bertz CT molecular complexity index is 772. The molecule has 0 spiro atoms. The van der Waals surface area contributed by atoms with E-state index in [-0.39, 0.29) is 36.3 Å². The van der Waals surface area contributed by atoms with Gasteiger partial charge in [-0.3, -0.25) is 0 Å². The Morgan fingerprint density at radius 1 is 1.15 bits per heavy atom. The normalized spacial score (nSPS) is 10.7. The molecule has 0 aliphatic carbocycles. The zero-order valence-electron chi connectivity index (χ0n) is 15.6. The molecule has 0 bridgehead atoms. The van der Waals surface area contributed by atoms with Crippen molar-refractivity contribution >= 4 is 35.6 Å². The summed E-state index contributed by atoms with van der Waals surface area (Å²) in [6, 6.07) is 9.71. The van der Waals surface area contributed by atoms with E-state index in [1.807, 2.05) is 32.0 Å². The molecule has 0 unspecified atom stereocenters. The third-order valence-corrected chi connectivity index (χ3v) is 3.50. The highest BCUT2D eigenvalue weighted by Crippen LogP contribution is 2.30. The molecular formula is C19H25FIN3O3. The average molecular weight is 489 g/mol.